The third-order valence-corrected chi connectivity index (χ3v) is 6.92. The standard InChI is InChI=1S/C19H11Cl3F2N4OS/c1-5-11(12-16(13(21)14(5)24)27-28-17(12)22)6-2-8(20)15-10(3-6)30-19(25-15)26-18(29)7-4-9(7)23/h2-3,7,9H,4H2,1H3,(H,27,28)(H,25,26,29)/t7-,9+/m1/s1. The van der Waals surface area contributed by atoms with Gasteiger partial charge in [-0.05, 0) is 36.6 Å². The third-order valence-electron chi connectivity index (χ3n) is 5.09. The van der Waals surface area contributed by atoms with Gasteiger partial charge in [-0.1, -0.05) is 46.1 Å². The molecule has 0 saturated heterocycles. The highest BCUT2D eigenvalue weighted by molar-refractivity contribution is 7.22. The molecule has 2 heterocycles. The number of hydrogen-bond acceptors (Lipinski definition) is 4. The van der Waals surface area contributed by atoms with Gasteiger partial charge in [0.25, 0.3) is 0 Å². The topological polar surface area (TPSA) is 70.7 Å². The van der Waals surface area contributed by atoms with Gasteiger partial charge in [0, 0.05) is 10.9 Å². The molecule has 2 aromatic heterocycles. The van der Waals surface area contributed by atoms with E-state index < -0.39 is 23.8 Å². The summed E-state index contributed by atoms with van der Waals surface area (Å²) in [4.78, 5) is 16.3. The van der Waals surface area contributed by atoms with Crippen molar-refractivity contribution in [2.24, 2.45) is 5.92 Å². The number of H-pyrrole nitrogens is 1. The summed E-state index contributed by atoms with van der Waals surface area (Å²) in [6, 6.07) is 3.42. The SMILES string of the molecule is Cc1c(F)c(Cl)c2n[nH]c(Cl)c2c1-c1cc(Cl)c2nc(NC(=O)[C@@H]3C[C@@H]3F)sc2c1. The summed E-state index contributed by atoms with van der Waals surface area (Å²) in [7, 11) is 0. The average molecular weight is 488 g/mol. The van der Waals surface area contributed by atoms with Crippen molar-refractivity contribution in [3.05, 3.63) is 38.7 Å². The molecule has 2 aromatic carbocycles. The molecule has 2 N–H and O–H groups in total. The molecule has 1 amide bonds. The van der Waals surface area contributed by atoms with Crippen LogP contribution in [0.2, 0.25) is 15.2 Å². The molecule has 0 bridgehead atoms. The molecule has 0 spiro atoms. The molecular formula is C19H11Cl3F2N4OS. The van der Waals surface area contributed by atoms with Crippen molar-refractivity contribution in [3.63, 3.8) is 0 Å². The second kappa shape index (κ2) is 7.02. The van der Waals surface area contributed by atoms with Gasteiger partial charge in [0.15, 0.2) is 5.13 Å². The predicted molar refractivity (Wildman–Crippen MR) is 116 cm³/mol. The van der Waals surface area contributed by atoms with Gasteiger partial charge in [-0.2, -0.15) is 5.10 Å². The van der Waals surface area contributed by atoms with E-state index in [9.17, 15) is 13.6 Å². The van der Waals surface area contributed by atoms with Crippen LogP contribution in [0, 0.1) is 18.7 Å². The van der Waals surface area contributed by atoms with Gasteiger partial charge in [-0.3, -0.25) is 9.89 Å². The van der Waals surface area contributed by atoms with Crippen LogP contribution in [0.25, 0.3) is 32.2 Å². The Morgan fingerprint density at radius 3 is 2.73 bits per heavy atom. The van der Waals surface area contributed by atoms with Crippen LogP contribution in [0.15, 0.2) is 12.1 Å². The zero-order chi connectivity index (χ0) is 21.3. The van der Waals surface area contributed by atoms with Crippen molar-refractivity contribution >= 4 is 78.3 Å². The number of carbonyl (C=O) groups excluding carboxylic acids is 1. The van der Waals surface area contributed by atoms with Crippen LogP contribution in [0.1, 0.15) is 12.0 Å². The first kappa shape index (κ1) is 19.9. The van der Waals surface area contributed by atoms with Crippen molar-refractivity contribution in [1.82, 2.24) is 15.2 Å². The number of thiazole rings is 1. The summed E-state index contributed by atoms with van der Waals surface area (Å²) in [6.07, 6.45) is -0.871. The van der Waals surface area contributed by atoms with Crippen molar-refractivity contribution in [1.29, 1.82) is 0 Å². The first-order chi connectivity index (χ1) is 14.3. The average Bonchev–Trinajstić information content (AvgIpc) is 3.11. The minimum atomic E-state index is -1.10. The number of amides is 1. The van der Waals surface area contributed by atoms with Crippen LogP contribution < -0.4 is 5.32 Å². The second-order valence-electron chi connectivity index (χ2n) is 7.06. The van der Waals surface area contributed by atoms with Gasteiger partial charge >= 0.3 is 0 Å². The monoisotopic (exact) mass is 486 g/mol. The van der Waals surface area contributed by atoms with Gasteiger partial charge in [0.1, 0.15) is 33.2 Å². The number of rotatable bonds is 3. The largest absolute Gasteiger partial charge is 0.302 e. The molecule has 11 heteroatoms. The Morgan fingerprint density at radius 2 is 2.03 bits per heavy atom. The molecular weight excluding hydrogens is 477 g/mol. The molecule has 2 atom stereocenters. The number of anilines is 1. The summed E-state index contributed by atoms with van der Waals surface area (Å²) >= 11 is 20.0. The van der Waals surface area contributed by atoms with E-state index in [1.807, 2.05) is 0 Å². The fourth-order valence-electron chi connectivity index (χ4n) is 3.45. The number of aromatic nitrogens is 3. The van der Waals surface area contributed by atoms with E-state index in [-0.39, 0.29) is 22.1 Å². The van der Waals surface area contributed by atoms with E-state index in [0.717, 1.165) is 0 Å². The molecule has 1 saturated carbocycles. The molecule has 4 aromatic rings. The number of carbonyl (C=O) groups is 1. The molecule has 1 aliphatic rings. The number of halogens is 5. The lowest BCUT2D eigenvalue weighted by atomic mass is 9.96. The maximum absolute atomic E-state index is 14.7. The van der Waals surface area contributed by atoms with Crippen LogP contribution in [0.4, 0.5) is 13.9 Å². The zero-order valence-corrected chi connectivity index (χ0v) is 18.2. The number of benzene rings is 2. The molecule has 0 aliphatic heterocycles. The summed E-state index contributed by atoms with van der Waals surface area (Å²) in [6.45, 7) is 1.60. The normalized spacial score (nSPS) is 18.3. The fourth-order valence-corrected chi connectivity index (χ4v) is 5.21. The highest BCUT2D eigenvalue weighted by Crippen LogP contribution is 2.44. The molecule has 1 fully saturated rings. The Hall–Kier alpha value is -2.00. The van der Waals surface area contributed by atoms with Gasteiger partial charge in [-0.25, -0.2) is 13.8 Å². The maximum Gasteiger partial charge on any atom is 0.232 e. The van der Waals surface area contributed by atoms with Crippen LogP contribution in [-0.4, -0.2) is 27.3 Å². The van der Waals surface area contributed by atoms with E-state index in [1.165, 1.54) is 11.3 Å². The molecule has 0 unspecified atom stereocenters. The van der Waals surface area contributed by atoms with Crippen LogP contribution >= 0.6 is 46.1 Å². The van der Waals surface area contributed by atoms with Crippen molar-refractivity contribution in [2.75, 3.05) is 5.32 Å². The maximum atomic E-state index is 14.7. The lowest BCUT2D eigenvalue weighted by molar-refractivity contribution is -0.117. The Labute approximate surface area is 187 Å². The lowest BCUT2D eigenvalue weighted by Gasteiger charge is -2.11. The minimum absolute atomic E-state index is 0.115. The lowest BCUT2D eigenvalue weighted by Crippen LogP contribution is -2.14. The van der Waals surface area contributed by atoms with Gasteiger partial charge in [0.05, 0.1) is 15.6 Å². The highest BCUT2D eigenvalue weighted by atomic mass is 35.5. The summed E-state index contributed by atoms with van der Waals surface area (Å²) in [5.41, 5.74) is 2.11. The fraction of sp³-hybridized carbons (Fsp3) is 0.211. The molecule has 154 valence electrons. The third kappa shape index (κ3) is 3.05. The summed E-state index contributed by atoms with van der Waals surface area (Å²) in [5.74, 6) is -1.62. The molecule has 1 aliphatic carbocycles. The van der Waals surface area contributed by atoms with E-state index >= 15 is 0 Å². The Balaban J connectivity index is 1.66. The Morgan fingerprint density at radius 1 is 1.30 bits per heavy atom. The summed E-state index contributed by atoms with van der Waals surface area (Å²) < 4.78 is 28.5. The molecule has 5 rings (SSSR count). The van der Waals surface area contributed by atoms with Crippen LogP contribution in [0.5, 0.6) is 0 Å². The van der Waals surface area contributed by atoms with Gasteiger partial charge in [-0.15, -0.1) is 0 Å². The second-order valence-corrected chi connectivity index (χ2v) is 9.25. The first-order valence-electron chi connectivity index (χ1n) is 8.82. The van der Waals surface area contributed by atoms with E-state index in [0.29, 0.717) is 42.4 Å². The first-order valence-corrected chi connectivity index (χ1v) is 10.8. The number of fused-ring (bicyclic) bond motifs is 2. The smallest absolute Gasteiger partial charge is 0.232 e. The quantitative estimate of drug-likeness (QED) is 0.344. The summed E-state index contributed by atoms with van der Waals surface area (Å²) in [5, 5.41) is 10.5. The number of hydrogen-bond donors (Lipinski definition) is 2. The van der Waals surface area contributed by atoms with Crippen LogP contribution in [0.3, 0.4) is 0 Å². The van der Waals surface area contributed by atoms with Crippen molar-refractivity contribution in [3.8, 4) is 11.1 Å². The molecule has 0 radical (unpaired) electrons. The van der Waals surface area contributed by atoms with Gasteiger partial charge < -0.3 is 5.32 Å². The van der Waals surface area contributed by atoms with Crippen LogP contribution in [-0.2, 0) is 4.79 Å². The molecule has 5 nitrogen and oxygen atoms in total. The zero-order valence-electron chi connectivity index (χ0n) is 15.1. The Kier molecular flexibility index (Phi) is 4.66. The van der Waals surface area contributed by atoms with Crippen molar-refractivity contribution < 1.29 is 13.6 Å². The number of alkyl halides is 1. The highest BCUT2D eigenvalue weighted by Gasteiger charge is 2.43. The van der Waals surface area contributed by atoms with E-state index in [4.69, 9.17) is 34.8 Å². The number of aromatic amines is 1. The van der Waals surface area contributed by atoms with Gasteiger partial charge in [0.2, 0.25) is 5.91 Å². The number of nitrogens with one attached hydrogen (secondary N) is 2. The Bertz CT molecular complexity index is 1370. The molecule has 30 heavy (non-hydrogen) atoms. The van der Waals surface area contributed by atoms with E-state index in [2.05, 4.69) is 20.5 Å². The minimum Gasteiger partial charge on any atom is -0.302 e. The predicted octanol–water partition coefficient (Wildman–Crippen LogP) is 6.54. The number of nitrogens with zero attached hydrogens (tertiary/aromatic N) is 2. The van der Waals surface area contributed by atoms with Crippen molar-refractivity contribution in [2.45, 2.75) is 19.5 Å². The van der Waals surface area contributed by atoms with E-state index in [1.54, 1.807) is 19.1 Å².